The van der Waals surface area contributed by atoms with Crippen LogP contribution < -0.4 is 5.32 Å². The van der Waals surface area contributed by atoms with Crippen molar-refractivity contribution >= 4 is 11.7 Å². The van der Waals surface area contributed by atoms with Crippen molar-refractivity contribution in [1.82, 2.24) is 4.98 Å². The molecule has 1 amide bonds. The molecule has 0 saturated carbocycles. The third-order valence-electron chi connectivity index (χ3n) is 2.99. The van der Waals surface area contributed by atoms with Gasteiger partial charge in [0.25, 0.3) is 5.91 Å². The highest BCUT2D eigenvalue weighted by atomic mass is 16.1. The highest BCUT2D eigenvalue weighted by molar-refractivity contribution is 6.03. The van der Waals surface area contributed by atoms with Crippen molar-refractivity contribution in [2.75, 3.05) is 5.32 Å². The lowest BCUT2D eigenvalue weighted by molar-refractivity contribution is 0.102. The zero-order valence-corrected chi connectivity index (χ0v) is 11.5. The SMILES string of the molecule is Cc1ccc(NC(=O)c2ccc(C(C)C)cc2)nc1. The lowest BCUT2D eigenvalue weighted by Gasteiger charge is -2.07. The van der Waals surface area contributed by atoms with Gasteiger partial charge in [-0.05, 0) is 42.2 Å². The largest absolute Gasteiger partial charge is 0.307 e. The van der Waals surface area contributed by atoms with Crippen molar-refractivity contribution in [3.63, 3.8) is 0 Å². The van der Waals surface area contributed by atoms with Crippen molar-refractivity contribution in [2.45, 2.75) is 26.7 Å². The molecule has 0 aliphatic rings. The molecule has 1 aromatic carbocycles. The highest BCUT2D eigenvalue weighted by Crippen LogP contribution is 2.15. The molecule has 1 N–H and O–H groups in total. The fraction of sp³-hybridized carbons (Fsp3) is 0.250. The third kappa shape index (κ3) is 3.41. The molecule has 19 heavy (non-hydrogen) atoms. The Bertz CT molecular complexity index is 556. The molecule has 3 nitrogen and oxygen atoms in total. The van der Waals surface area contributed by atoms with Gasteiger partial charge in [-0.1, -0.05) is 32.0 Å². The minimum absolute atomic E-state index is 0.133. The number of hydrogen-bond acceptors (Lipinski definition) is 2. The van der Waals surface area contributed by atoms with E-state index in [-0.39, 0.29) is 5.91 Å². The van der Waals surface area contributed by atoms with Crippen LogP contribution in [0, 0.1) is 6.92 Å². The molecule has 98 valence electrons. The van der Waals surface area contributed by atoms with Gasteiger partial charge < -0.3 is 5.32 Å². The van der Waals surface area contributed by atoms with Crippen LogP contribution in [0.25, 0.3) is 0 Å². The standard InChI is InChI=1S/C16H18N2O/c1-11(2)13-5-7-14(8-6-13)16(19)18-15-9-4-12(3)10-17-15/h4-11H,1-3H3,(H,17,18,19). The Hall–Kier alpha value is -2.16. The number of carbonyl (C=O) groups excluding carboxylic acids is 1. The van der Waals surface area contributed by atoms with Gasteiger partial charge in [0.15, 0.2) is 0 Å². The molecule has 3 heteroatoms. The molecule has 2 rings (SSSR count). The number of aromatic nitrogens is 1. The first kappa shape index (κ1) is 13.3. The van der Waals surface area contributed by atoms with Crippen molar-refractivity contribution in [2.24, 2.45) is 0 Å². The molecule has 0 aliphatic carbocycles. The van der Waals surface area contributed by atoms with E-state index in [0.717, 1.165) is 5.56 Å². The summed E-state index contributed by atoms with van der Waals surface area (Å²) in [4.78, 5) is 16.2. The second-order valence-electron chi connectivity index (χ2n) is 4.95. The van der Waals surface area contributed by atoms with E-state index in [0.29, 0.717) is 17.3 Å². The van der Waals surface area contributed by atoms with Crippen molar-refractivity contribution in [3.8, 4) is 0 Å². The summed E-state index contributed by atoms with van der Waals surface area (Å²) in [5.74, 6) is 0.908. The van der Waals surface area contributed by atoms with Gasteiger partial charge >= 0.3 is 0 Å². The van der Waals surface area contributed by atoms with E-state index in [9.17, 15) is 4.79 Å². The maximum atomic E-state index is 12.0. The molecule has 0 saturated heterocycles. The average molecular weight is 254 g/mol. The number of nitrogens with zero attached hydrogens (tertiary/aromatic N) is 1. The number of amides is 1. The fourth-order valence-electron chi connectivity index (χ4n) is 1.75. The molecule has 2 aromatic rings. The summed E-state index contributed by atoms with van der Waals surface area (Å²) in [5, 5.41) is 2.78. The number of anilines is 1. The van der Waals surface area contributed by atoms with Crippen LogP contribution in [-0.4, -0.2) is 10.9 Å². The van der Waals surface area contributed by atoms with Gasteiger partial charge in [0, 0.05) is 11.8 Å². The second-order valence-corrected chi connectivity index (χ2v) is 4.95. The number of rotatable bonds is 3. The Labute approximate surface area is 113 Å². The van der Waals surface area contributed by atoms with Gasteiger partial charge in [0.2, 0.25) is 0 Å². The minimum Gasteiger partial charge on any atom is -0.307 e. The predicted octanol–water partition coefficient (Wildman–Crippen LogP) is 3.77. The van der Waals surface area contributed by atoms with Gasteiger partial charge in [-0.3, -0.25) is 4.79 Å². The van der Waals surface area contributed by atoms with E-state index in [1.165, 1.54) is 5.56 Å². The molecule has 1 aromatic heterocycles. The molecule has 0 atom stereocenters. The molecular formula is C16H18N2O. The monoisotopic (exact) mass is 254 g/mol. The first-order valence-corrected chi connectivity index (χ1v) is 6.40. The van der Waals surface area contributed by atoms with Crippen molar-refractivity contribution < 1.29 is 4.79 Å². The average Bonchev–Trinajstić information content (AvgIpc) is 2.41. The van der Waals surface area contributed by atoms with E-state index < -0.39 is 0 Å². The highest BCUT2D eigenvalue weighted by Gasteiger charge is 2.07. The normalized spacial score (nSPS) is 10.5. The van der Waals surface area contributed by atoms with Crippen LogP contribution in [0.2, 0.25) is 0 Å². The summed E-state index contributed by atoms with van der Waals surface area (Å²) in [5.41, 5.74) is 2.94. The van der Waals surface area contributed by atoms with E-state index in [1.54, 1.807) is 12.3 Å². The Morgan fingerprint density at radius 2 is 1.79 bits per heavy atom. The molecule has 0 aliphatic heterocycles. The zero-order chi connectivity index (χ0) is 13.8. The van der Waals surface area contributed by atoms with Gasteiger partial charge in [0.05, 0.1) is 0 Å². The Morgan fingerprint density at radius 1 is 1.11 bits per heavy atom. The van der Waals surface area contributed by atoms with Gasteiger partial charge in [-0.2, -0.15) is 0 Å². The van der Waals surface area contributed by atoms with E-state index in [2.05, 4.69) is 24.1 Å². The van der Waals surface area contributed by atoms with Gasteiger partial charge in [-0.15, -0.1) is 0 Å². The number of nitrogens with one attached hydrogen (secondary N) is 1. The van der Waals surface area contributed by atoms with E-state index in [1.807, 2.05) is 37.3 Å². The second kappa shape index (κ2) is 5.65. The summed E-state index contributed by atoms with van der Waals surface area (Å²) < 4.78 is 0. The fourth-order valence-corrected chi connectivity index (χ4v) is 1.75. The van der Waals surface area contributed by atoms with Gasteiger partial charge in [0.1, 0.15) is 5.82 Å². The summed E-state index contributed by atoms with van der Waals surface area (Å²) >= 11 is 0. The smallest absolute Gasteiger partial charge is 0.256 e. The summed E-state index contributed by atoms with van der Waals surface area (Å²) in [6.07, 6.45) is 1.73. The van der Waals surface area contributed by atoms with Crippen molar-refractivity contribution in [3.05, 3.63) is 59.3 Å². The lowest BCUT2D eigenvalue weighted by Crippen LogP contribution is -2.12. The number of aryl methyl sites for hydroxylation is 1. The molecule has 0 fully saturated rings. The summed E-state index contributed by atoms with van der Waals surface area (Å²) in [6.45, 7) is 6.22. The molecule has 0 radical (unpaired) electrons. The number of benzene rings is 1. The quantitative estimate of drug-likeness (QED) is 0.906. The van der Waals surface area contributed by atoms with E-state index >= 15 is 0 Å². The first-order valence-electron chi connectivity index (χ1n) is 6.40. The molecule has 0 unspecified atom stereocenters. The van der Waals surface area contributed by atoms with Crippen LogP contribution in [0.3, 0.4) is 0 Å². The number of carbonyl (C=O) groups is 1. The van der Waals surface area contributed by atoms with Crippen LogP contribution >= 0.6 is 0 Å². The maximum absolute atomic E-state index is 12.0. The molecule has 1 heterocycles. The van der Waals surface area contributed by atoms with Crippen LogP contribution in [-0.2, 0) is 0 Å². The Kier molecular flexibility index (Phi) is 3.95. The van der Waals surface area contributed by atoms with Crippen LogP contribution in [0.4, 0.5) is 5.82 Å². The summed E-state index contributed by atoms with van der Waals surface area (Å²) in [7, 11) is 0. The predicted molar refractivity (Wildman–Crippen MR) is 77.5 cm³/mol. The van der Waals surface area contributed by atoms with Gasteiger partial charge in [-0.25, -0.2) is 4.98 Å². The van der Waals surface area contributed by atoms with Crippen LogP contribution in [0.5, 0.6) is 0 Å². The minimum atomic E-state index is -0.133. The molecule has 0 bridgehead atoms. The summed E-state index contributed by atoms with van der Waals surface area (Å²) in [6, 6.07) is 11.4. The van der Waals surface area contributed by atoms with E-state index in [4.69, 9.17) is 0 Å². The van der Waals surface area contributed by atoms with Crippen LogP contribution in [0.1, 0.15) is 41.3 Å². The first-order chi connectivity index (χ1) is 9.06. The Balaban J connectivity index is 2.09. The topological polar surface area (TPSA) is 42.0 Å². The number of hydrogen-bond donors (Lipinski definition) is 1. The maximum Gasteiger partial charge on any atom is 0.256 e. The number of pyridine rings is 1. The zero-order valence-electron chi connectivity index (χ0n) is 11.5. The third-order valence-corrected chi connectivity index (χ3v) is 2.99. The van der Waals surface area contributed by atoms with Crippen LogP contribution in [0.15, 0.2) is 42.6 Å². The Morgan fingerprint density at radius 3 is 2.32 bits per heavy atom. The lowest BCUT2D eigenvalue weighted by atomic mass is 10.0. The molecule has 0 spiro atoms. The molecular weight excluding hydrogens is 236 g/mol. The van der Waals surface area contributed by atoms with Crippen molar-refractivity contribution in [1.29, 1.82) is 0 Å².